The summed E-state index contributed by atoms with van der Waals surface area (Å²) in [6.45, 7) is 0.594. The minimum Gasteiger partial charge on any atom is -0.465 e. The topological polar surface area (TPSA) is 143 Å². The highest BCUT2D eigenvalue weighted by atomic mass is 16.3. The molecule has 4 rings (SSSR count). The zero-order valence-corrected chi connectivity index (χ0v) is 22.7. The highest BCUT2D eigenvalue weighted by molar-refractivity contribution is 6.06. The summed E-state index contributed by atoms with van der Waals surface area (Å²) in [5.41, 5.74) is 0.890. The largest absolute Gasteiger partial charge is 0.465 e. The van der Waals surface area contributed by atoms with Gasteiger partial charge in [-0.25, -0.2) is 0 Å². The van der Waals surface area contributed by atoms with Crippen molar-refractivity contribution in [1.82, 2.24) is 21.3 Å². The number of nitrogens with one attached hydrogen (secondary N) is 4. The fourth-order valence-corrected chi connectivity index (χ4v) is 3.76. The smallest absolute Gasteiger partial charge is 0.267 e. The van der Waals surface area contributed by atoms with Gasteiger partial charge in [-0.2, -0.15) is 0 Å². The maximum Gasteiger partial charge on any atom is 0.267 e. The second kappa shape index (κ2) is 15.2. The summed E-state index contributed by atoms with van der Waals surface area (Å²) < 4.78 is 10.6. The maximum atomic E-state index is 12.9. The van der Waals surface area contributed by atoms with E-state index in [0.29, 0.717) is 48.6 Å². The molecular weight excluding hydrogens is 536 g/mol. The molecule has 2 aromatic heterocycles. The second-order valence-corrected chi connectivity index (χ2v) is 9.01. The summed E-state index contributed by atoms with van der Waals surface area (Å²) in [4.78, 5) is 51.0. The third-order valence-corrected chi connectivity index (χ3v) is 5.89. The number of benzene rings is 2. The van der Waals surface area contributed by atoms with Crippen LogP contribution in [0.25, 0.3) is 12.2 Å². The van der Waals surface area contributed by atoms with Crippen LogP contribution in [0.3, 0.4) is 0 Å². The molecule has 0 fully saturated rings. The van der Waals surface area contributed by atoms with Gasteiger partial charge in [0.25, 0.3) is 23.6 Å². The zero-order chi connectivity index (χ0) is 29.6. The first-order valence-corrected chi connectivity index (χ1v) is 13.3. The normalized spacial score (nSPS) is 11.4. The summed E-state index contributed by atoms with van der Waals surface area (Å²) in [6.07, 6.45) is 6.93. The first kappa shape index (κ1) is 29.3. The molecule has 0 aliphatic rings. The van der Waals surface area contributed by atoms with Crippen LogP contribution in [0, 0.1) is 0 Å². The summed E-state index contributed by atoms with van der Waals surface area (Å²) in [5.74, 6) is -0.991. The van der Waals surface area contributed by atoms with Gasteiger partial charge in [0.2, 0.25) is 0 Å². The molecule has 2 aromatic carbocycles. The van der Waals surface area contributed by atoms with Crippen molar-refractivity contribution in [3.8, 4) is 0 Å². The van der Waals surface area contributed by atoms with Crippen molar-refractivity contribution in [1.29, 1.82) is 0 Å². The molecule has 0 radical (unpaired) electrons. The third-order valence-electron chi connectivity index (χ3n) is 5.89. The Kier molecular flexibility index (Phi) is 10.6. The van der Waals surface area contributed by atoms with Crippen LogP contribution in [0.4, 0.5) is 0 Å². The number of hydrogen-bond donors (Lipinski definition) is 4. The lowest BCUT2D eigenvalue weighted by atomic mass is 10.2. The number of unbranched alkanes of at least 4 members (excludes halogenated alkanes) is 1. The van der Waals surface area contributed by atoms with Crippen LogP contribution in [0.1, 0.15) is 45.1 Å². The molecule has 4 N–H and O–H groups in total. The van der Waals surface area contributed by atoms with Gasteiger partial charge in [-0.15, -0.1) is 0 Å². The molecule has 0 spiro atoms. The summed E-state index contributed by atoms with van der Waals surface area (Å²) >= 11 is 0. The second-order valence-electron chi connectivity index (χ2n) is 9.01. The number of amides is 4. The SMILES string of the molecule is O=C(NCCCCNC(=O)/C(=C\c1ccco1)NC(=O)c1ccccc1)/C(=C/c1ccco1)NC(=O)c1ccccc1. The van der Waals surface area contributed by atoms with Crippen molar-refractivity contribution in [3.05, 3.63) is 131 Å². The lowest BCUT2D eigenvalue weighted by Crippen LogP contribution is -2.36. The first-order valence-electron chi connectivity index (χ1n) is 13.3. The van der Waals surface area contributed by atoms with Gasteiger partial charge in [0.15, 0.2) is 0 Å². The Bertz CT molecular complexity index is 1410. The van der Waals surface area contributed by atoms with Crippen molar-refractivity contribution in [3.63, 3.8) is 0 Å². The van der Waals surface area contributed by atoms with Gasteiger partial charge in [0.1, 0.15) is 22.9 Å². The zero-order valence-electron chi connectivity index (χ0n) is 22.7. The highest BCUT2D eigenvalue weighted by Gasteiger charge is 2.16. The molecule has 214 valence electrons. The molecule has 2 heterocycles. The van der Waals surface area contributed by atoms with Crippen LogP contribution in [-0.4, -0.2) is 36.7 Å². The number of furan rings is 2. The van der Waals surface area contributed by atoms with Crippen LogP contribution >= 0.6 is 0 Å². The monoisotopic (exact) mass is 566 g/mol. The highest BCUT2D eigenvalue weighted by Crippen LogP contribution is 2.09. The Balaban J connectivity index is 1.27. The lowest BCUT2D eigenvalue weighted by Gasteiger charge is -2.12. The molecule has 0 unspecified atom stereocenters. The van der Waals surface area contributed by atoms with E-state index in [1.54, 1.807) is 84.9 Å². The third kappa shape index (κ3) is 8.95. The van der Waals surface area contributed by atoms with E-state index in [4.69, 9.17) is 8.83 Å². The van der Waals surface area contributed by atoms with Gasteiger partial charge in [0.05, 0.1) is 12.5 Å². The van der Waals surface area contributed by atoms with E-state index >= 15 is 0 Å². The van der Waals surface area contributed by atoms with Gasteiger partial charge < -0.3 is 30.1 Å². The van der Waals surface area contributed by atoms with Crippen molar-refractivity contribution in [2.24, 2.45) is 0 Å². The van der Waals surface area contributed by atoms with Crippen LogP contribution < -0.4 is 21.3 Å². The molecule has 10 nitrogen and oxygen atoms in total. The summed E-state index contributed by atoms with van der Waals surface area (Å²) in [6, 6.07) is 23.8. The molecule has 4 amide bonds. The quantitative estimate of drug-likeness (QED) is 0.142. The average molecular weight is 567 g/mol. The Morgan fingerprint density at radius 1 is 0.548 bits per heavy atom. The standard InChI is InChI=1S/C32H30N4O6/c37-29(23-11-3-1-4-12-23)35-27(21-25-15-9-19-41-25)31(39)33-17-7-8-18-34-32(40)28(22-26-16-10-20-42-26)36-30(38)24-13-5-2-6-14-24/h1-6,9-16,19-22H,7-8,17-18H2,(H,33,39)(H,34,40)(H,35,37)(H,36,38)/b27-21-,28-22+. The van der Waals surface area contributed by atoms with E-state index in [-0.39, 0.29) is 11.4 Å². The van der Waals surface area contributed by atoms with Crippen molar-refractivity contribution < 1.29 is 28.0 Å². The molecule has 42 heavy (non-hydrogen) atoms. The Morgan fingerprint density at radius 2 is 0.952 bits per heavy atom. The molecule has 0 aliphatic heterocycles. The Labute approximate surface area is 242 Å². The van der Waals surface area contributed by atoms with Crippen LogP contribution in [0.2, 0.25) is 0 Å². The summed E-state index contributed by atoms with van der Waals surface area (Å²) in [7, 11) is 0. The number of carbonyl (C=O) groups is 4. The molecule has 0 saturated carbocycles. The molecular formula is C32H30N4O6. The predicted octanol–water partition coefficient (Wildman–Crippen LogP) is 4.13. The van der Waals surface area contributed by atoms with Gasteiger partial charge in [-0.05, 0) is 61.4 Å². The Hall–Kier alpha value is -5.64. The van der Waals surface area contributed by atoms with Crippen LogP contribution in [0.15, 0.2) is 118 Å². The van der Waals surface area contributed by atoms with E-state index in [1.807, 2.05) is 0 Å². The fraction of sp³-hybridized carbons (Fsp3) is 0.125. The van der Waals surface area contributed by atoms with E-state index in [0.717, 1.165) is 0 Å². The lowest BCUT2D eigenvalue weighted by molar-refractivity contribution is -0.118. The van der Waals surface area contributed by atoms with Crippen molar-refractivity contribution in [2.45, 2.75) is 12.8 Å². The van der Waals surface area contributed by atoms with Crippen LogP contribution in [-0.2, 0) is 9.59 Å². The van der Waals surface area contributed by atoms with Gasteiger partial charge >= 0.3 is 0 Å². The van der Waals surface area contributed by atoms with E-state index in [2.05, 4.69) is 21.3 Å². The fourth-order valence-electron chi connectivity index (χ4n) is 3.76. The van der Waals surface area contributed by atoms with E-state index in [9.17, 15) is 19.2 Å². The van der Waals surface area contributed by atoms with Gasteiger partial charge in [-0.3, -0.25) is 19.2 Å². The number of rotatable bonds is 13. The average Bonchev–Trinajstić information content (AvgIpc) is 3.73. The van der Waals surface area contributed by atoms with Gasteiger partial charge in [-0.1, -0.05) is 36.4 Å². The van der Waals surface area contributed by atoms with E-state index < -0.39 is 23.6 Å². The summed E-state index contributed by atoms with van der Waals surface area (Å²) in [5, 5.41) is 10.8. The molecule has 4 aromatic rings. The van der Waals surface area contributed by atoms with Crippen molar-refractivity contribution in [2.75, 3.05) is 13.1 Å². The molecule has 0 atom stereocenters. The molecule has 0 bridgehead atoms. The number of carbonyl (C=O) groups excluding carboxylic acids is 4. The van der Waals surface area contributed by atoms with E-state index in [1.165, 1.54) is 24.7 Å². The maximum absolute atomic E-state index is 12.9. The number of hydrogen-bond acceptors (Lipinski definition) is 6. The van der Waals surface area contributed by atoms with Crippen molar-refractivity contribution >= 4 is 35.8 Å². The first-order chi connectivity index (χ1) is 20.5. The van der Waals surface area contributed by atoms with Gasteiger partial charge in [0, 0.05) is 36.4 Å². The molecule has 10 heteroatoms. The minimum absolute atomic E-state index is 0.0361. The molecule has 0 saturated heterocycles. The minimum atomic E-state index is -0.480. The Morgan fingerprint density at radius 3 is 1.31 bits per heavy atom. The predicted molar refractivity (Wildman–Crippen MR) is 156 cm³/mol. The molecule has 0 aliphatic carbocycles. The van der Waals surface area contributed by atoms with Crippen LogP contribution in [0.5, 0.6) is 0 Å².